The molecule has 9 heteroatoms. The Morgan fingerprint density at radius 1 is 1.21 bits per heavy atom. The number of nitrogens with zero attached hydrogens (tertiary/aromatic N) is 1. The van der Waals surface area contributed by atoms with E-state index in [1.54, 1.807) is 48.5 Å². The summed E-state index contributed by atoms with van der Waals surface area (Å²) in [6.45, 7) is 1.72. The Balaban J connectivity index is 1.86. The van der Waals surface area contributed by atoms with Crippen LogP contribution in [-0.4, -0.2) is 34.5 Å². The normalized spacial score (nSPS) is 15.1. The molecule has 1 fully saturated rings. The lowest BCUT2D eigenvalue weighted by Gasteiger charge is -2.14. The quantitative estimate of drug-likeness (QED) is 0.488. The van der Waals surface area contributed by atoms with Crippen LogP contribution in [0.5, 0.6) is 11.5 Å². The zero-order chi connectivity index (χ0) is 21.0. The average Bonchev–Trinajstić information content (AvgIpc) is 2.95. The molecule has 3 rings (SSSR count). The van der Waals surface area contributed by atoms with Gasteiger partial charge in [-0.25, -0.2) is 4.79 Å². The summed E-state index contributed by atoms with van der Waals surface area (Å²) in [5.41, 5.74) is 1.35. The standard InChI is InChI=1S/C20H16ClNO5S2/c1-2-26-16-9-12(3-8-15(16)27-11-18(23)24)10-17-19(25)22(20(28)29-17)14-6-4-13(21)5-7-14/h3-10H,2,11H2,1H3,(H,23,24)/b17-10+. The number of thioether (sulfide) groups is 1. The molecule has 0 aromatic heterocycles. The van der Waals surface area contributed by atoms with Gasteiger partial charge >= 0.3 is 5.97 Å². The van der Waals surface area contributed by atoms with Gasteiger partial charge in [0.15, 0.2) is 22.4 Å². The molecule has 0 aliphatic carbocycles. The van der Waals surface area contributed by atoms with E-state index in [9.17, 15) is 9.59 Å². The topological polar surface area (TPSA) is 76.1 Å². The number of hydrogen-bond acceptors (Lipinski definition) is 6. The van der Waals surface area contributed by atoms with Crippen LogP contribution in [0.4, 0.5) is 5.69 Å². The number of rotatable bonds is 7. The molecule has 150 valence electrons. The van der Waals surface area contributed by atoms with E-state index >= 15 is 0 Å². The first-order valence-electron chi connectivity index (χ1n) is 8.54. The Hall–Kier alpha value is -2.55. The van der Waals surface area contributed by atoms with Gasteiger partial charge in [0.1, 0.15) is 0 Å². The molecule has 0 saturated carbocycles. The predicted octanol–water partition coefficient (Wildman–Crippen LogP) is 4.61. The molecule has 2 aromatic rings. The number of anilines is 1. The van der Waals surface area contributed by atoms with E-state index in [0.29, 0.717) is 43.6 Å². The molecule has 1 heterocycles. The summed E-state index contributed by atoms with van der Waals surface area (Å²) in [6, 6.07) is 11.9. The van der Waals surface area contributed by atoms with Crippen molar-refractivity contribution in [3.8, 4) is 11.5 Å². The Kier molecular flexibility index (Phi) is 6.79. The largest absolute Gasteiger partial charge is 0.490 e. The second-order valence-electron chi connectivity index (χ2n) is 5.82. The molecule has 0 radical (unpaired) electrons. The number of aliphatic carboxylic acids is 1. The van der Waals surface area contributed by atoms with Crippen LogP contribution in [-0.2, 0) is 9.59 Å². The second-order valence-corrected chi connectivity index (χ2v) is 7.93. The number of carboxylic acid groups (broad SMARTS) is 1. The van der Waals surface area contributed by atoms with Crippen LogP contribution >= 0.6 is 35.6 Å². The summed E-state index contributed by atoms with van der Waals surface area (Å²) < 4.78 is 11.2. The summed E-state index contributed by atoms with van der Waals surface area (Å²) >= 11 is 12.5. The van der Waals surface area contributed by atoms with Crippen LogP contribution in [0.1, 0.15) is 12.5 Å². The maximum atomic E-state index is 12.9. The smallest absolute Gasteiger partial charge is 0.341 e. The number of ether oxygens (including phenoxy) is 2. The van der Waals surface area contributed by atoms with Crippen LogP contribution in [0.2, 0.25) is 5.02 Å². The highest BCUT2D eigenvalue weighted by molar-refractivity contribution is 8.27. The number of hydrogen-bond donors (Lipinski definition) is 1. The van der Waals surface area contributed by atoms with Gasteiger partial charge in [-0.2, -0.15) is 0 Å². The molecular weight excluding hydrogens is 434 g/mol. The van der Waals surface area contributed by atoms with Gasteiger partial charge in [0.05, 0.1) is 17.2 Å². The number of halogens is 1. The fraction of sp³-hybridized carbons (Fsp3) is 0.150. The minimum Gasteiger partial charge on any atom is -0.490 e. The lowest BCUT2D eigenvalue weighted by atomic mass is 10.1. The molecular formula is C20H16ClNO5S2. The molecule has 1 amide bonds. The summed E-state index contributed by atoms with van der Waals surface area (Å²) in [7, 11) is 0. The predicted molar refractivity (Wildman–Crippen MR) is 118 cm³/mol. The van der Waals surface area contributed by atoms with Crippen LogP contribution in [0.25, 0.3) is 6.08 Å². The first-order chi connectivity index (χ1) is 13.9. The van der Waals surface area contributed by atoms with Gasteiger partial charge in [-0.1, -0.05) is 41.6 Å². The molecule has 29 heavy (non-hydrogen) atoms. The molecule has 1 aliphatic rings. The summed E-state index contributed by atoms with van der Waals surface area (Å²) in [6.07, 6.45) is 1.71. The van der Waals surface area contributed by atoms with E-state index in [4.69, 9.17) is 38.4 Å². The maximum Gasteiger partial charge on any atom is 0.341 e. The highest BCUT2D eigenvalue weighted by Gasteiger charge is 2.33. The van der Waals surface area contributed by atoms with Crippen molar-refractivity contribution in [3.63, 3.8) is 0 Å². The van der Waals surface area contributed by atoms with Gasteiger partial charge in [0.2, 0.25) is 0 Å². The van der Waals surface area contributed by atoms with Crippen molar-refractivity contribution in [2.45, 2.75) is 6.92 Å². The van der Waals surface area contributed by atoms with E-state index in [2.05, 4.69) is 0 Å². The third-order valence-electron chi connectivity index (χ3n) is 3.80. The summed E-state index contributed by atoms with van der Waals surface area (Å²) in [5, 5.41) is 9.36. The van der Waals surface area contributed by atoms with Gasteiger partial charge in [-0.3, -0.25) is 9.69 Å². The Morgan fingerprint density at radius 2 is 1.93 bits per heavy atom. The van der Waals surface area contributed by atoms with Crippen molar-refractivity contribution < 1.29 is 24.2 Å². The van der Waals surface area contributed by atoms with Crippen LogP contribution in [0, 0.1) is 0 Å². The average molecular weight is 450 g/mol. The lowest BCUT2D eigenvalue weighted by Crippen LogP contribution is -2.27. The van der Waals surface area contributed by atoms with Crippen molar-refractivity contribution in [2.75, 3.05) is 18.1 Å². The molecule has 0 atom stereocenters. The zero-order valence-electron chi connectivity index (χ0n) is 15.3. The maximum absolute atomic E-state index is 12.9. The Labute approximate surface area is 182 Å². The number of benzene rings is 2. The molecule has 6 nitrogen and oxygen atoms in total. The van der Waals surface area contributed by atoms with Crippen LogP contribution in [0.3, 0.4) is 0 Å². The molecule has 0 bridgehead atoms. The van der Waals surface area contributed by atoms with Crippen molar-refractivity contribution in [1.82, 2.24) is 0 Å². The fourth-order valence-corrected chi connectivity index (χ4v) is 4.00. The van der Waals surface area contributed by atoms with Gasteiger partial charge in [0.25, 0.3) is 5.91 Å². The minimum atomic E-state index is -1.08. The minimum absolute atomic E-state index is 0.230. The number of carbonyl (C=O) groups is 2. The number of carbonyl (C=O) groups excluding carboxylic acids is 1. The Morgan fingerprint density at radius 3 is 2.59 bits per heavy atom. The lowest BCUT2D eigenvalue weighted by molar-refractivity contribution is -0.139. The highest BCUT2D eigenvalue weighted by Crippen LogP contribution is 2.37. The van der Waals surface area contributed by atoms with Crippen molar-refractivity contribution in [1.29, 1.82) is 0 Å². The third-order valence-corrected chi connectivity index (χ3v) is 5.35. The van der Waals surface area contributed by atoms with E-state index in [1.807, 2.05) is 6.92 Å². The summed E-state index contributed by atoms with van der Waals surface area (Å²) in [5.74, 6) is -0.593. The van der Waals surface area contributed by atoms with E-state index in [0.717, 1.165) is 0 Å². The summed E-state index contributed by atoms with van der Waals surface area (Å²) in [4.78, 5) is 25.5. The van der Waals surface area contributed by atoms with E-state index in [1.165, 1.54) is 16.7 Å². The van der Waals surface area contributed by atoms with Crippen LogP contribution < -0.4 is 14.4 Å². The highest BCUT2D eigenvalue weighted by atomic mass is 35.5. The van der Waals surface area contributed by atoms with Gasteiger partial charge < -0.3 is 14.6 Å². The second kappa shape index (κ2) is 9.30. The molecule has 2 aromatic carbocycles. The zero-order valence-corrected chi connectivity index (χ0v) is 17.6. The fourth-order valence-electron chi connectivity index (χ4n) is 2.57. The first kappa shape index (κ1) is 21.2. The van der Waals surface area contributed by atoms with Crippen molar-refractivity contribution >= 4 is 63.5 Å². The number of thiocarbonyl (C=S) groups is 1. The van der Waals surface area contributed by atoms with Gasteiger partial charge in [-0.15, -0.1) is 0 Å². The van der Waals surface area contributed by atoms with Crippen molar-refractivity contribution in [2.24, 2.45) is 0 Å². The van der Waals surface area contributed by atoms with E-state index < -0.39 is 12.6 Å². The van der Waals surface area contributed by atoms with Crippen molar-refractivity contribution in [3.05, 3.63) is 58.0 Å². The molecule has 1 saturated heterocycles. The van der Waals surface area contributed by atoms with E-state index in [-0.39, 0.29) is 5.91 Å². The molecule has 1 aliphatic heterocycles. The number of carboxylic acids is 1. The van der Waals surface area contributed by atoms with Crippen LogP contribution in [0.15, 0.2) is 47.4 Å². The van der Waals surface area contributed by atoms with Gasteiger partial charge in [0, 0.05) is 5.02 Å². The first-order valence-corrected chi connectivity index (χ1v) is 10.1. The third kappa shape index (κ3) is 5.09. The Bertz CT molecular complexity index is 991. The van der Waals surface area contributed by atoms with Gasteiger partial charge in [-0.05, 0) is 55.0 Å². The monoisotopic (exact) mass is 449 g/mol. The molecule has 0 spiro atoms. The molecule has 0 unspecified atom stereocenters. The number of amides is 1. The molecule has 1 N–H and O–H groups in total. The SMILES string of the molecule is CCOc1cc(/C=C2/SC(=S)N(c3ccc(Cl)cc3)C2=O)ccc1OCC(=O)O.